The van der Waals surface area contributed by atoms with E-state index in [4.69, 9.17) is 10.5 Å². The molecule has 0 aliphatic carbocycles. The molecule has 0 fully saturated rings. The minimum atomic E-state index is -3.23. The summed E-state index contributed by atoms with van der Waals surface area (Å²) in [4.78, 5) is 0. The predicted octanol–water partition coefficient (Wildman–Crippen LogP) is 1.53. The summed E-state index contributed by atoms with van der Waals surface area (Å²) in [5, 5.41) is -0.560. The Hall–Kier alpha value is -0.910. The molecular formula is C13H21NO3S. The fraction of sp³-hybridized carbons (Fsp3) is 0.538. The van der Waals surface area contributed by atoms with Crippen molar-refractivity contribution in [3.63, 3.8) is 0 Å². The van der Waals surface area contributed by atoms with Gasteiger partial charge in [0.25, 0.3) is 0 Å². The molecule has 2 N–H and O–H groups in total. The zero-order valence-electron chi connectivity index (χ0n) is 10.9. The molecule has 18 heavy (non-hydrogen) atoms. The third-order valence-electron chi connectivity index (χ3n) is 3.02. The number of ether oxygens (including phenoxy) is 1. The molecule has 5 heteroatoms. The lowest BCUT2D eigenvalue weighted by molar-refractivity contribution is 0.216. The Morgan fingerprint density at radius 2 is 1.89 bits per heavy atom. The van der Waals surface area contributed by atoms with E-state index in [-0.39, 0.29) is 12.4 Å². The number of hydrogen-bond donors (Lipinski definition) is 1. The van der Waals surface area contributed by atoms with Gasteiger partial charge in [-0.05, 0) is 12.0 Å². The molecule has 2 unspecified atom stereocenters. The predicted molar refractivity (Wildman–Crippen MR) is 73.1 cm³/mol. The quantitative estimate of drug-likeness (QED) is 0.816. The molecular weight excluding hydrogens is 250 g/mol. The van der Waals surface area contributed by atoms with Gasteiger partial charge in [0, 0.05) is 13.2 Å². The van der Waals surface area contributed by atoms with Crippen LogP contribution in [-0.4, -0.2) is 33.1 Å². The number of methoxy groups -OCH3 is 1. The number of nitrogens with two attached hydrogens (primary N) is 1. The topological polar surface area (TPSA) is 69.4 Å². The Bertz CT molecular complexity index is 445. The van der Waals surface area contributed by atoms with E-state index in [9.17, 15) is 8.42 Å². The van der Waals surface area contributed by atoms with Gasteiger partial charge in [-0.1, -0.05) is 37.3 Å². The SMILES string of the molecule is CCC(C(N)c1ccccc1)S(=O)(=O)CCOC. The van der Waals surface area contributed by atoms with E-state index in [1.807, 2.05) is 37.3 Å². The first-order valence-electron chi connectivity index (χ1n) is 6.04. The second-order valence-corrected chi connectivity index (χ2v) is 6.58. The van der Waals surface area contributed by atoms with Gasteiger partial charge < -0.3 is 10.5 Å². The summed E-state index contributed by atoms with van der Waals surface area (Å²) < 4.78 is 29.2. The summed E-state index contributed by atoms with van der Waals surface area (Å²) in [5.74, 6) is 0.0164. The molecule has 1 aromatic carbocycles. The Morgan fingerprint density at radius 3 is 2.39 bits per heavy atom. The van der Waals surface area contributed by atoms with Gasteiger partial charge in [-0.3, -0.25) is 0 Å². The molecule has 0 saturated heterocycles. The van der Waals surface area contributed by atoms with Gasteiger partial charge in [0.1, 0.15) is 0 Å². The third kappa shape index (κ3) is 3.80. The summed E-state index contributed by atoms with van der Waals surface area (Å²) in [6, 6.07) is 8.85. The summed E-state index contributed by atoms with van der Waals surface area (Å²) >= 11 is 0. The van der Waals surface area contributed by atoms with Crippen molar-refractivity contribution in [2.45, 2.75) is 24.6 Å². The molecule has 0 aliphatic heterocycles. The Morgan fingerprint density at radius 1 is 1.28 bits per heavy atom. The monoisotopic (exact) mass is 271 g/mol. The molecule has 1 rings (SSSR count). The van der Waals surface area contributed by atoms with Crippen molar-refractivity contribution in [1.82, 2.24) is 0 Å². The van der Waals surface area contributed by atoms with Gasteiger partial charge in [0.2, 0.25) is 0 Å². The van der Waals surface area contributed by atoms with E-state index in [1.54, 1.807) is 0 Å². The van der Waals surface area contributed by atoms with Crippen LogP contribution in [0.25, 0.3) is 0 Å². The molecule has 0 amide bonds. The maximum absolute atomic E-state index is 12.2. The molecule has 0 radical (unpaired) electrons. The van der Waals surface area contributed by atoms with Gasteiger partial charge >= 0.3 is 0 Å². The average molecular weight is 271 g/mol. The lowest BCUT2D eigenvalue weighted by Crippen LogP contribution is -2.35. The highest BCUT2D eigenvalue weighted by Gasteiger charge is 2.30. The van der Waals surface area contributed by atoms with Crippen molar-refractivity contribution in [3.8, 4) is 0 Å². The number of hydrogen-bond acceptors (Lipinski definition) is 4. The van der Waals surface area contributed by atoms with Crippen molar-refractivity contribution >= 4 is 9.84 Å². The van der Waals surface area contributed by atoms with Crippen LogP contribution in [0.15, 0.2) is 30.3 Å². The van der Waals surface area contributed by atoms with E-state index in [2.05, 4.69) is 0 Å². The van der Waals surface area contributed by atoms with Crippen LogP contribution in [0.1, 0.15) is 24.9 Å². The molecule has 0 spiro atoms. The van der Waals surface area contributed by atoms with Crippen LogP contribution in [0.2, 0.25) is 0 Å². The Balaban J connectivity index is 2.90. The van der Waals surface area contributed by atoms with Gasteiger partial charge in [-0.15, -0.1) is 0 Å². The molecule has 0 aromatic heterocycles. The Kier molecular flexibility index (Phi) is 5.78. The van der Waals surface area contributed by atoms with E-state index >= 15 is 0 Å². The first-order valence-corrected chi connectivity index (χ1v) is 7.75. The molecule has 0 saturated carbocycles. The lowest BCUT2D eigenvalue weighted by atomic mass is 10.0. The second-order valence-electron chi connectivity index (χ2n) is 4.24. The van der Waals surface area contributed by atoms with E-state index < -0.39 is 21.1 Å². The molecule has 0 heterocycles. The summed E-state index contributed by atoms with van der Waals surface area (Å²) in [6.07, 6.45) is 0.502. The van der Waals surface area contributed by atoms with Crippen LogP contribution in [-0.2, 0) is 14.6 Å². The van der Waals surface area contributed by atoms with Crippen molar-refractivity contribution in [2.24, 2.45) is 5.73 Å². The van der Waals surface area contributed by atoms with Crippen LogP contribution in [0.5, 0.6) is 0 Å². The minimum absolute atomic E-state index is 0.0164. The lowest BCUT2D eigenvalue weighted by Gasteiger charge is -2.23. The molecule has 2 atom stereocenters. The normalized spacial score (nSPS) is 15.3. The van der Waals surface area contributed by atoms with E-state index in [0.717, 1.165) is 5.56 Å². The van der Waals surface area contributed by atoms with Crippen LogP contribution < -0.4 is 5.73 Å². The third-order valence-corrected chi connectivity index (χ3v) is 5.31. The van der Waals surface area contributed by atoms with Crippen molar-refractivity contribution in [1.29, 1.82) is 0 Å². The van der Waals surface area contributed by atoms with Crippen LogP contribution >= 0.6 is 0 Å². The van der Waals surface area contributed by atoms with E-state index in [0.29, 0.717) is 6.42 Å². The van der Waals surface area contributed by atoms with Crippen LogP contribution in [0.3, 0.4) is 0 Å². The minimum Gasteiger partial charge on any atom is -0.384 e. The molecule has 102 valence electrons. The van der Waals surface area contributed by atoms with Gasteiger partial charge in [0.15, 0.2) is 9.84 Å². The molecule has 1 aromatic rings. The first kappa shape index (κ1) is 15.1. The van der Waals surface area contributed by atoms with Gasteiger partial charge in [-0.25, -0.2) is 8.42 Å². The zero-order valence-corrected chi connectivity index (χ0v) is 11.7. The highest BCUT2D eigenvalue weighted by molar-refractivity contribution is 7.92. The smallest absolute Gasteiger partial charge is 0.157 e. The number of rotatable bonds is 7. The highest BCUT2D eigenvalue weighted by Crippen LogP contribution is 2.22. The number of benzene rings is 1. The second kappa shape index (κ2) is 6.87. The highest BCUT2D eigenvalue weighted by atomic mass is 32.2. The number of sulfone groups is 1. The Labute approximate surface area is 109 Å². The standard InChI is InChI=1S/C13H21NO3S/c1-3-12(18(15,16)10-9-17-2)13(14)11-7-5-4-6-8-11/h4-8,12-13H,3,9-10,14H2,1-2H3. The van der Waals surface area contributed by atoms with Crippen molar-refractivity contribution in [3.05, 3.63) is 35.9 Å². The van der Waals surface area contributed by atoms with Crippen LogP contribution in [0.4, 0.5) is 0 Å². The fourth-order valence-electron chi connectivity index (χ4n) is 1.97. The van der Waals surface area contributed by atoms with Crippen molar-refractivity contribution in [2.75, 3.05) is 19.5 Å². The van der Waals surface area contributed by atoms with E-state index in [1.165, 1.54) is 7.11 Å². The molecule has 4 nitrogen and oxygen atoms in total. The average Bonchev–Trinajstić information content (AvgIpc) is 2.38. The van der Waals surface area contributed by atoms with Gasteiger partial charge in [0.05, 0.1) is 17.6 Å². The first-order chi connectivity index (χ1) is 8.53. The maximum atomic E-state index is 12.2. The molecule has 0 bridgehead atoms. The largest absolute Gasteiger partial charge is 0.384 e. The van der Waals surface area contributed by atoms with Crippen molar-refractivity contribution < 1.29 is 13.2 Å². The maximum Gasteiger partial charge on any atom is 0.157 e. The van der Waals surface area contributed by atoms with Gasteiger partial charge in [-0.2, -0.15) is 0 Å². The fourth-order valence-corrected chi connectivity index (χ4v) is 3.79. The summed E-state index contributed by atoms with van der Waals surface area (Å²) in [5.41, 5.74) is 6.94. The summed E-state index contributed by atoms with van der Waals surface area (Å²) in [7, 11) is -1.74. The zero-order chi connectivity index (χ0) is 13.6. The summed E-state index contributed by atoms with van der Waals surface area (Å²) in [6.45, 7) is 2.05. The molecule has 0 aliphatic rings. The van der Waals surface area contributed by atoms with Crippen LogP contribution in [0, 0.1) is 0 Å².